The van der Waals surface area contributed by atoms with E-state index in [0.29, 0.717) is 11.3 Å². The van der Waals surface area contributed by atoms with E-state index in [1.54, 1.807) is 19.1 Å². The fourth-order valence-electron chi connectivity index (χ4n) is 1.39. The normalized spacial score (nSPS) is 10.2. The average molecular weight is 232 g/mol. The van der Waals surface area contributed by atoms with Crippen LogP contribution in [0.2, 0.25) is 0 Å². The molecule has 5 nitrogen and oxygen atoms in total. The molecule has 0 amide bonds. The average Bonchev–Trinajstić information content (AvgIpc) is 2.35. The van der Waals surface area contributed by atoms with Crippen LogP contribution < -0.4 is 16.0 Å². The zero-order valence-electron chi connectivity index (χ0n) is 9.34. The fraction of sp³-hybridized carbons (Fsp3) is 0.167. The van der Waals surface area contributed by atoms with E-state index < -0.39 is 5.69 Å². The number of ether oxygens (including phenoxy) is 1. The Morgan fingerprint density at radius 2 is 1.94 bits per heavy atom. The highest BCUT2D eigenvalue weighted by atomic mass is 16.5. The molecule has 2 aromatic rings. The molecular weight excluding hydrogens is 220 g/mol. The molecule has 5 heteroatoms. The van der Waals surface area contributed by atoms with Crippen molar-refractivity contribution in [2.75, 3.05) is 0 Å². The van der Waals surface area contributed by atoms with Crippen LogP contribution in [0.5, 0.6) is 5.75 Å². The minimum absolute atomic E-state index is 0.0974. The molecule has 17 heavy (non-hydrogen) atoms. The summed E-state index contributed by atoms with van der Waals surface area (Å²) in [5.74, 6) is 0.611. The third kappa shape index (κ3) is 2.44. The second-order valence-corrected chi connectivity index (χ2v) is 3.60. The summed E-state index contributed by atoms with van der Waals surface area (Å²) in [6.45, 7) is 1.54. The highest BCUT2D eigenvalue weighted by molar-refractivity contribution is 5.20. The lowest BCUT2D eigenvalue weighted by Crippen LogP contribution is -2.37. The molecule has 0 radical (unpaired) electrons. The molecule has 1 aromatic carbocycles. The van der Waals surface area contributed by atoms with Gasteiger partial charge in [-0.1, -0.05) is 18.2 Å². The molecule has 0 bridgehead atoms. The summed E-state index contributed by atoms with van der Waals surface area (Å²) in [4.78, 5) is 25.6. The van der Waals surface area contributed by atoms with Gasteiger partial charge in [0, 0.05) is 11.8 Å². The first-order valence-electron chi connectivity index (χ1n) is 5.15. The van der Waals surface area contributed by atoms with E-state index >= 15 is 0 Å². The van der Waals surface area contributed by atoms with Crippen LogP contribution in [0.3, 0.4) is 0 Å². The maximum absolute atomic E-state index is 11.7. The first-order valence-corrected chi connectivity index (χ1v) is 5.15. The Morgan fingerprint density at radius 1 is 1.24 bits per heavy atom. The van der Waals surface area contributed by atoms with Gasteiger partial charge in [-0.2, -0.15) is 0 Å². The van der Waals surface area contributed by atoms with Gasteiger partial charge in [0.05, 0.1) is 0 Å². The Kier molecular flexibility index (Phi) is 3.09. The Bertz CT molecular complexity index is 614. The van der Waals surface area contributed by atoms with Crippen LogP contribution in [0.15, 0.2) is 46.1 Å². The number of H-pyrrole nitrogens is 1. The zero-order valence-corrected chi connectivity index (χ0v) is 9.34. The molecule has 0 unspecified atom stereocenters. The molecule has 0 fully saturated rings. The molecule has 1 aromatic heterocycles. The Hall–Kier alpha value is -2.30. The number of aromatic amines is 1. The summed E-state index contributed by atoms with van der Waals surface area (Å²) in [6, 6.07) is 9.01. The van der Waals surface area contributed by atoms with Crippen molar-refractivity contribution in [3.8, 4) is 5.75 Å². The van der Waals surface area contributed by atoms with Crippen LogP contribution in [-0.4, -0.2) is 9.55 Å². The largest absolute Gasteiger partial charge is 0.472 e. The maximum Gasteiger partial charge on any atom is 0.331 e. The maximum atomic E-state index is 11.7. The van der Waals surface area contributed by atoms with Gasteiger partial charge < -0.3 is 9.72 Å². The lowest BCUT2D eigenvalue weighted by atomic mass is 10.3. The predicted octanol–water partition coefficient (Wildman–Crippen LogP) is 0.882. The highest BCUT2D eigenvalue weighted by Crippen LogP contribution is 2.07. The number of nitrogens with one attached hydrogen (secondary N) is 1. The molecule has 0 atom stereocenters. The first-order chi connectivity index (χ1) is 8.18. The number of nitrogens with zero attached hydrogens (tertiary/aromatic N) is 1. The summed E-state index contributed by atoms with van der Waals surface area (Å²) in [5.41, 5.74) is -0.345. The predicted molar refractivity (Wildman–Crippen MR) is 63.1 cm³/mol. The number of hydrogen-bond donors (Lipinski definition) is 1. The zero-order chi connectivity index (χ0) is 12.3. The standard InChI is InChI=1S/C12H12N2O3/c1-9-7-13-12(16)14(11(9)15)8-17-10-5-3-2-4-6-10/h2-7H,8H2,1H3,(H,13,16). The smallest absolute Gasteiger partial charge is 0.331 e. The Labute approximate surface area is 97.3 Å². The summed E-state index contributed by atoms with van der Waals surface area (Å²) in [5, 5.41) is 0. The number of rotatable bonds is 3. The van der Waals surface area contributed by atoms with Crippen molar-refractivity contribution >= 4 is 0 Å². The minimum Gasteiger partial charge on any atom is -0.472 e. The van der Waals surface area contributed by atoms with Crippen molar-refractivity contribution in [2.45, 2.75) is 13.7 Å². The van der Waals surface area contributed by atoms with Gasteiger partial charge in [0.15, 0.2) is 6.73 Å². The van der Waals surface area contributed by atoms with Gasteiger partial charge in [-0.25, -0.2) is 9.36 Å². The van der Waals surface area contributed by atoms with E-state index in [0.717, 1.165) is 4.57 Å². The second-order valence-electron chi connectivity index (χ2n) is 3.60. The molecule has 0 saturated carbocycles. The van der Waals surface area contributed by atoms with Gasteiger partial charge >= 0.3 is 5.69 Å². The van der Waals surface area contributed by atoms with Crippen molar-refractivity contribution < 1.29 is 4.74 Å². The summed E-state index contributed by atoms with van der Waals surface area (Å²) < 4.78 is 6.37. The van der Waals surface area contributed by atoms with Crippen LogP contribution in [0.1, 0.15) is 5.56 Å². The molecule has 1 heterocycles. The summed E-state index contributed by atoms with van der Waals surface area (Å²) in [7, 11) is 0. The van der Waals surface area contributed by atoms with Gasteiger partial charge in [0.1, 0.15) is 5.75 Å². The topological polar surface area (TPSA) is 64.1 Å². The van der Waals surface area contributed by atoms with Crippen molar-refractivity contribution in [3.05, 3.63) is 62.9 Å². The van der Waals surface area contributed by atoms with Crippen LogP contribution >= 0.6 is 0 Å². The van der Waals surface area contributed by atoms with E-state index in [1.165, 1.54) is 6.20 Å². The number of aryl methyl sites for hydroxylation is 1. The molecule has 1 N–H and O–H groups in total. The third-order valence-corrected chi connectivity index (χ3v) is 2.34. The monoisotopic (exact) mass is 232 g/mol. The van der Waals surface area contributed by atoms with E-state index in [9.17, 15) is 9.59 Å². The van der Waals surface area contributed by atoms with Crippen LogP contribution in [0, 0.1) is 6.92 Å². The number of hydrogen-bond acceptors (Lipinski definition) is 3. The molecular formula is C12H12N2O3. The molecule has 0 saturated heterocycles. The van der Waals surface area contributed by atoms with Gasteiger partial charge in [-0.15, -0.1) is 0 Å². The van der Waals surface area contributed by atoms with Crippen LogP contribution in [0.25, 0.3) is 0 Å². The number of benzene rings is 1. The van der Waals surface area contributed by atoms with E-state index in [-0.39, 0.29) is 12.3 Å². The van der Waals surface area contributed by atoms with E-state index in [2.05, 4.69) is 4.98 Å². The molecule has 0 aliphatic rings. The third-order valence-electron chi connectivity index (χ3n) is 2.34. The first kappa shape index (κ1) is 11.2. The van der Waals surface area contributed by atoms with Crippen LogP contribution in [0.4, 0.5) is 0 Å². The lowest BCUT2D eigenvalue weighted by Gasteiger charge is -2.07. The van der Waals surface area contributed by atoms with Gasteiger partial charge in [-0.05, 0) is 19.1 Å². The van der Waals surface area contributed by atoms with Gasteiger partial charge in [0.25, 0.3) is 5.56 Å². The Balaban J connectivity index is 2.23. The molecule has 2 rings (SSSR count). The van der Waals surface area contributed by atoms with E-state index in [4.69, 9.17) is 4.74 Å². The quantitative estimate of drug-likeness (QED) is 0.854. The second kappa shape index (κ2) is 4.69. The number of aromatic nitrogens is 2. The number of para-hydroxylation sites is 1. The molecule has 0 aliphatic carbocycles. The van der Waals surface area contributed by atoms with Crippen LogP contribution in [-0.2, 0) is 6.73 Å². The van der Waals surface area contributed by atoms with Crippen molar-refractivity contribution in [1.29, 1.82) is 0 Å². The van der Waals surface area contributed by atoms with Gasteiger partial charge in [0.2, 0.25) is 0 Å². The minimum atomic E-state index is -0.475. The van der Waals surface area contributed by atoms with Gasteiger partial charge in [-0.3, -0.25) is 4.79 Å². The summed E-state index contributed by atoms with van der Waals surface area (Å²) >= 11 is 0. The fourth-order valence-corrected chi connectivity index (χ4v) is 1.39. The highest BCUT2D eigenvalue weighted by Gasteiger charge is 2.04. The SMILES string of the molecule is Cc1c[nH]c(=O)n(COc2ccccc2)c1=O. The molecule has 0 aliphatic heterocycles. The molecule has 0 spiro atoms. The van der Waals surface area contributed by atoms with Crippen molar-refractivity contribution in [1.82, 2.24) is 9.55 Å². The molecule has 88 valence electrons. The van der Waals surface area contributed by atoms with E-state index in [1.807, 2.05) is 18.2 Å². The lowest BCUT2D eigenvalue weighted by molar-refractivity contribution is 0.225. The van der Waals surface area contributed by atoms with Crippen molar-refractivity contribution in [3.63, 3.8) is 0 Å². The van der Waals surface area contributed by atoms with Crippen molar-refractivity contribution in [2.24, 2.45) is 0 Å². The Morgan fingerprint density at radius 3 is 2.65 bits per heavy atom. The summed E-state index contributed by atoms with van der Waals surface area (Å²) in [6.07, 6.45) is 1.39.